The van der Waals surface area contributed by atoms with Gasteiger partial charge in [0.15, 0.2) is 0 Å². The third kappa shape index (κ3) is 4.07. The third-order valence-electron chi connectivity index (χ3n) is 8.36. The number of hydrogen-bond acceptors (Lipinski definition) is 2. The van der Waals surface area contributed by atoms with Crippen molar-refractivity contribution in [2.45, 2.75) is 51.0 Å². The number of benzene rings is 2. The molecule has 0 N–H and O–H groups in total. The van der Waals surface area contributed by atoms with Crippen LogP contribution in [-0.4, -0.2) is 41.2 Å². The maximum Gasteiger partial charge on any atom is 0.229 e. The summed E-state index contributed by atoms with van der Waals surface area (Å²) in [6.45, 7) is 3.00. The topological polar surface area (TPSA) is 40.6 Å². The first-order valence-electron chi connectivity index (χ1n) is 12.4. The zero-order valence-corrected chi connectivity index (χ0v) is 19.8. The molecule has 172 valence electrons. The number of amides is 2. The minimum Gasteiger partial charge on any atom is -0.342 e. The first-order chi connectivity index (χ1) is 16.0. The van der Waals surface area contributed by atoms with Gasteiger partial charge < -0.3 is 9.80 Å². The minimum atomic E-state index is -0.364. The summed E-state index contributed by atoms with van der Waals surface area (Å²) in [5, 5.41) is 0.731. The summed E-state index contributed by atoms with van der Waals surface area (Å²) in [5.41, 5.74) is 3.45. The summed E-state index contributed by atoms with van der Waals surface area (Å²) in [4.78, 5) is 31.3. The Hall–Kier alpha value is -2.33. The molecule has 0 radical (unpaired) electrons. The van der Waals surface area contributed by atoms with Crippen molar-refractivity contribution in [3.05, 3.63) is 70.2 Å². The van der Waals surface area contributed by atoms with Crippen LogP contribution in [0, 0.1) is 17.3 Å². The Bertz CT molecular complexity index is 1070. The number of piperidine rings is 1. The van der Waals surface area contributed by atoms with Crippen molar-refractivity contribution in [1.82, 2.24) is 9.80 Å². The van der Waals surface area contributed by atoms with Gasteiger partial charge in [-0.15, -0.1) is 0 Å². The Balaban J connectivity index is 1.16. The van der Waals surface area contributed by atoms with E-state index in [9.17, 15) is 9.59 Å². The molecule has 6 rings (SSSR count). The number of hydrogen-bond donors (Lipinski definition) is 0. The van der Waals surface area contributed by atoms with Gasteiger partial charge in [0.05, 0.1) is 5.41 Å². The molecule has 0 unspecified atom stereocenters. The van der Waals surface area contributed by atoms with Gasteiger partial charge in [0.2, 0.25) is 11.8 Å². The SMILES string of the molecule is O=C([C@@H]1C[C@H]1c1ccc(Cl)cc1)N1CCC2(CC1)Cc1ccccc1CN(CC1CC1)C2=O. The van der Waals surface area contributed by atoms with Gasteiger partial charge in [0.25, 0.3) is 0 Å². The van der Waals surface area contributed by atoms with Crippen LogP contribution in [0.2, 0.25) is 5.02 Å². The van der Waals surface area contributed by atoms with Crippen molar-refractivity contribution >= 4 is 23.4 Å². The van der Waals surface area contributed by atoms with E-state index in [0.717, 1.165) is 43.8 Å². The average Bonchev–Trinajstić information content (AvgIpc) is 3.75. The van der Waals surface area contributed by atoms with Gasteiger partial charge in [-0.05, 0) is 79.2 Å². The van der Waals surface area contributed by atoms with Gasteiger partial charge in [-0.3, -0.25) is 9.59 Å². The van der Waals surface area contributed by atoms with Crippen molar-refractivity contribution in [3.8, 4) is 0 Å². The number of fused-ring (bicyclic) bond motifs is 1. The Kier molecular flexibility index (Phi) is 5.25. The highest BCUT2D eigenvalue weighted by Gasteiger charge is 2.50. The van der Waals surface area contributed by atoms with Crippen LogP contribution >= 0.6 is 11.6 Å². The summed E-state index contributed by atoms with van der Waals surface area (Å²) in [7, 11) is 0. The molecular weight excluding hydrogens is 432 g/mol. The summed E-state index contributed by atoms with van der Waals surface area (Å²) in [6, 6.07) is 16.5. The van der Waals surface area contributed by atoms with E-state index in [1.54, 1.807) is 0 Å². The number of carbonyl (C=O) groups excluding carboxylic acids is 2. The lowest BCUT2D eigenvalue weighted by atomic mass is 9.72. The van der Waals surface area contributed by atoms with Crippen molar-refractivity contribution in [1.29, 1.82) is 0 Å². The van der Waals surface area contributed by atoms with Crippen molar-refractivity contribution in [2.75, 3.05) is 19.6 Å². The zero-order valence-electron chi connectivity index (χ0n) is 19.0. The molecule has 2 aliphatic carbocycles. The van der Waals surface area contributed by atoms with Crippen LogP contribution in [0.5, 0.6) is 0 Å². The van der Waals surface area contributed by atoms with Crippen LogP contribution in [0.4, 0.5) is 0 Å². The molecule has 4 aliphatic rings. The Morgan fingerprint density at radius 2 is 1.70 bits per heavy atom. The molecule has 2 heterocycles. The molecule has 4 nitrogen and oxygen atoms in total. The number of likely N-dealkylation sites (tertiary alicyclic amines) is 1. The zero-order chi connectivity index (χ0) is 22.6. The van der Waals surface area contributed by atoms with Gasteiger partial charge in [-0.1, -0.05) is 48.0 Å². The molecule has 3 fully saturated rings. The molecule has 2 saturated carbocycles. The first kappa shape index (κ1) is 21.2. The van der Waals surface area contributed by atoms with E-state index in [1.165, 1.54) is 29.5 Å². The summed E-state index contributed by atoms with van der Waals surface area (Å²) < 4.78 is 0. The van der Waals surface area contributed by atoms with E-state index in [4.69, 9.17) is 11.6 Å². The van der Waals surface area contributed by atoms with Gasteiger partial charge in [-0.25, -0.2) is 0 Å². The second-order valence-electron chi connectivity index (χ2n) is 10.7. The molecular formula is C28H31ClN2O2. The molecule has 1 spiro atoms. The lowest BCUT2D eigenvalue weighted by Gasteiger charge is -2.42. The van der Waals surface area contributed by atoms with E-state index in [2.05, 4.69) is 29.2 Å². The smallest absolute Gasteiger partial charge is 0.229 e. The number of nitrogens with zero attached hydrogens (tertiary/aromatic N) is 2. The van der Waals surface area contributed by atoms with E-state index in [-0.39, 0.29) is 17.2 Å². The van der Waals surface area contributed by atoms with Crippen LogP contribution in [-0.2, 0) is 22.6 Å². The summed E-state index contributed by atoms with van der Waals surface area (Å²) in [6.07, 6.45) is 5.76. The van der Waals surface area contributed by atoms with E-state index < -0.39 is 0 Å². The molecule has 2 aromatic rings. The Morgan fingerprint density at radius 1 is 1.00 bits per heavy atom. The van der Waals surface area contributed by atoms with Crippen molar-refractivity contribution < 1.29 is 9.59 Å². The van der Waals surface area contributed by atoms with Gasteiger partial charge in [0, 0.05) is 37.1 Å². The van der Waals surface area contributed by atoms with Crippen LogP contribution in [0.25, 0.3) is 0 Å². The quantitative estimate of drug-likeness (QED) is 0.638. The lowest BCUT2D eigenvalue weighted by molar-refractivity contribution is -0.149. The molecule has 2 aliphatic heterocycles. The number of carbonyl (C=O) groups is 2. The van der Waals surface area contributed by atoms with E-state index in [1.807, 2.05) is 29.2 Å². The standard InChI is InChI=1S/C28H31ClN2O2/c29-23-9-7-20(8-10-23)24-15-25(24)26(32)30-13-11-28(12-14-30)16-21-3-1-2-4-22(21)18-31(27(28)33)17-19-5-6-19/h1-4,7-10,19,24-25H,5-6,11-18H2/t24-,25+/m0/s1. The predicted octanol–water partition coefficient (Wildman–Crippen LogP) is 5.05. The summed E-state index contributed by atoms with van der Waals surface area (Å²) >= 11 is 6.02. The lowest BCUT2D eigenvalue weighted by Crippen LogP contribution is -2.51. The molecule has 2 amide bonds. The molecule has 1 saturated heterocycles. The second-order valence-corrected chi connectivity index (χ2v) is 11.1. The fraction of sp³-hybridized carbons (Fsp3) is 0.500. The van der Waals surface area contributed by atoms with E-state index in [0.29, 0.717) is 30.8 Å². The van der Waals surface area contributed by atoms with Crippen molar-refractivity contribution in [3.63, 3.8) is 0 Å². The molecule has 2 aromatic carbocycles. The molecule has 33 heavy (non-hydrogen) atoms. The maximum absolute atomic E-state index is 13.9. The minimum absolute atomic E-state index is 0.0807. The van der Waals surface area contributed by atoms with Crippen LogP contribution in [0.1, 0.15) is 54.7 Å². The van der Waals surface area contributed by atoms with Crippen LogP contribution in [0.15, 0.2) is 48.5 Å². The van der Waals surface area contributed by atoms with E-state index >= 15 is 0 Å². The Morgan fingerprint density at radius 3 is 2.39 bits per heavy atom. The highest BCUT2D eigenvalue weighted by Crippen LogP contribution is 2.50. The molecule has 0 bridgehead atoms. The fourth-order valence-corrected chi connectivity index (χ4v) is 6.15. The normalized spacial score (nSPS) is 26.2. The fourth-order valence-electron chi connectivity index (χ4n) is 6.02. The monoisotopic (exact) mass is 462 g/mol. The van der Waals surface area contributed by atoms with Crippen LogP contribution < -0.4 is 0 Å². The summed E-state index contributed by atoms with van der Waals surface area (Å²) in [5.74, 6) is 1.66. The van der Waals surface area contributed by atoms with Gasteiger partial charge in [-0.2, -0.15) is 0 Å². The average molecular weight is 463 g/mol. The Labute approximate surface area is 200 Å². The first-order valence-corrected chi connectivity index (χ1v) is 12.8. The highest BCUT2D eigenvalue weighted by molar-refractivity contribution is 6.30. The highest BCUT2D eigenvalue weighted by atomic mass is 35.5. The van der Waals surface area contributed by atoms with Gasteiger partial charge in [0.1, 0.15) is 0 Å². The molecule has 5 heteroatoms. The predicted molar refractivity (Wildman–Crippen MR) is 129 cm³/mol. The van der Waals surface area contributed by atoms with Crippen molar-refractivity contribution in [2.24, 2.45) is 17.3 Å². The number of halogens is 1. The number of rotatable bonds is 4. The van der Waals surface area contributed by atoms with Crippen LogP contribution in [0.3, 0.4) is 0 Å². The molecule has 0 aromatic heterocycles. The largest absolute Gasteiger partial charge is 0.342 e. The van der Waals surface area contributed by atoms with Gasteiger partial charge >= 0.3 is 0 Å². The maximum atomic E-state index is 13.9. The second kappa shape index (κ2) is 8.16. The molecule has 2 atom stereocenters. The third-order valence-corrected chi connectivity index (χ3v) is 8.61.